The summed E-state index contributed by atoms with van der Waals surface area (Å²) in [5, 5.41) is 12.0. The molecule has 2 rings (SSSR count). The number of hydrogen-bond acceptors (Lipinski definition) is 5. The molecule has 25 heavy (non-hydrogen) atoms. The van der Waals surface area contributed by atoms with E-state index in [2.05, 4.69) is 10.2 Å². The second-order valence-corrected chi connectivity index (χ2v) is 6.38. The van der Waals surface area contributed by atoms with Crippen molar-refractivity contribution in [3.05, 3.63) is 35.9 Å². The minimum absolute atomic E-state index is 0.107. The van der Waals surface area contributed by atoms with Crippen molar-refractivity contribution in [3.63, 3.8) is 0 Å². The topological polar surface area (TPSA) is 88.1 Å². The van der Waals surface area contributed by atoms with E-state index in [4.69, 9.17) is 9.47 Å². The van der Waals surface area contributed by atoms with Gasteiger partial charge in [0.1, 0.15) is 12.1 Å². The molecule has 7 heteroatoms. The Bertz CT molecular complexity index is 560. The van der Waals surface area contributed by atoms with Crippen LogP contribution in [0.1, 0.15) is 25.3 Å². The third kappa shape index (κ3) is 6.36. The second-order valence-electron chi connectivity index (χ2n) is 6.38. The first-order chi connectivity index (χ1) is 12.0. The van der Waals surface area contributed by atoms with E-state index in [1.54, 1.807) is 0 Å². The second kappa shape index (κ2) is 9.39. The van der Waals surface area contributed by atoms with E-state index >= 15 is 0 Å². The van der Waals surface area contributed by atoms with Crippen molar-refractivity contribution in [2.45, 2.75) is 31.9 Å². The number of aliphatic carboxylic acids is 1. The molecule has 0 radical (unpaired) electrons. The summed E-state index contributed by atoms with van der Waals surface area (Å²) in [6, 6.07) is 9.25. The zero-order valence-electron chi connectivity index (χ0n) is 14.6. The van der Waals surface area contributed by atoms with Crippen LogP contribution in [0.25, 0.3) is 0 Å². The van der Waals surface area contributed by atoms with Gasteiger partial charge in [0.15, 0.2) is 0 Å². The molecule has 2 N–H and O–H groups in total. The molecule has 0 spiro atoms. The smallest absolute Gasteiger partial charge is 0.408 e. The molecule has 0 saturated carbocycles. The molecule has 1 heterocycles. The summed E-state index contributed by atoms with van der Waals surface area (Å²) in [5.74, 6) is -1.06. The molecule has 1 fully saturated rings. The fraction of sp³-hybridized carbons (Fsp3) is 0.556. The molecule has 1 atom stereocenters. The van der Waals surface area contributed by atoms with Crippen LogP contribution in [0.15, 0.2) is 30.3 Å². The first-order valence-corrected chi connectivity index (χ1v) is 8.52. The Labute approximate surface area is 147 Å². The van der Waals surface area contributed by atoms with Gasteiger partial charge in [-0.1, -0.05) is 30.3 Å². The number of alkyl carbamates (subject to hydrolysis) is 1. The van der Waals surface area contributed by atoms with Gasteiger partial charge in [-0.25, -0.2) is 9.59 Å². The minimum atomic E-state index is -1.35. The highest BCUT2D eigenvalue weighted by molar-refractivity contribution is 5.83. The minimum Gasteiger partial charge on any atom is -0.480 e. The number of nitrogens with zero attached hydrogens (tertiary/aromatic N) is 1. The van der Waals surface area contributed by atoms with Gasteiger partial charge < -0.3 is 19.9 Å². The molecule has 1 unspecified atom stereocenters. The number of carbonyl (C=O) groups is 2. The maximum Gasteiger partial charge on any atom is 0.408 e. The van der Waals surface area contributed by atoms with Crippen LogP contribution in [0.5, 0.6) is 0 Å². The van der Waals surface area contributed by atoms with Crippen LogP contribution in [0.4, 0.5) is 4.79 Å². The van der Waals surface area contributed by atoms with Crippen molar-refractivity contribution in [1.29, 1.82) is 0 Å². The number of nitrogens with one attached hydrogen (secondary N) is 1. The lowest BCUT2D eigenvalue weighted by molar-refractivity contribution is -0.144. The molecule has 1 aliphatic heterocycles. The molecule has 1 aromatic carbocycles. The fourth-order valence-electron chi connectivity index (χ4n) is 2.69. The highest BCUT2D eigenvalue weighted by atomic mass is 16.5. The number of carboxylic acid groups (broad SMARTS) is 1. The number of amides is 1. The molecule has 1 saturated heterocycles. The lowest BCUT2D eigenvalue weighted by atomic mass is 9.96. The summed E-state index contributed by atoms with van der Waals surface area (Å²) in [7, 11) is 0. The Kier molecular flexibility index (Phi) is 7.21. The number of morpholine rings is 1. The maximum atomic E-state index is 12.0. The fourth-order valence-corrected chi connectivity index (χ4v) is 2.69. The average Bonchev–Trinajstić information content (AvgIpc) is 2.61. The predicted octanol–water partition coefficient (Wildman–Crippen LogP) is 1.87. The van der Waals surface area contributed by atoms with E-state index in [1.165, 1.54) is 6.92 Å². The highest BCUT2D eigenvalue weighted by Crippen LogP contribution is 2.15. The maximum absolute atomic E-state index is 12.0. The van der Waals surface area contributed by atoms with E-state index in [0.29, 0.717) is 26.1 Å². The number of rotatable bonds is 8. The number of carboxylic acids is 1. The van der Waals surface area contributed by atoms with Crippen LogP contribution < -0.4 is 5.32 Å². The molecule has 0 aromatic heterocycles. The zero-order chi connectivity index (χ0) is 18.1. The van der Waals surface area contributed by atoms with Crippen LogP contribution in [0, 0.1) is 0 Å². The third-order valence-electron chi connectivity index (χ3n) is 4.32. The van der Waals surface area contributed by atoms with Crippen LogP contribution in [-0.2, 0) is 20.9 Å². The van der Waals surface area contributed by atoms with Crippen molar-refractivity contribution < 1.29 is 24.2 Å². The van der Waals surface area contributed by atoms with Gasteiger partial charge in [0.05, 0.1) is 13.2 Å². The molecular formula is C18H26N2O5. The molecule has 0 bridgehead atoms. The summed E-state index contributed by atoms with van der Waals surface area (Å²) in [6.07, 6.45) is 0.280. The third-order valence-corrected chi connectivity index (χ3v) is 4.32. The van der Waals surface area contributed by atoms with Gasteiger partial charge in [-0.15, -0.1) is 0 Å². The summed E-state index contributed by atoms with van der Waals surface area (Å²) >= 11 is 0. The lowest BCUT2D eigenvalue weighted by Gasteiger charge is -2.29. The highest BCUT2D eigenvalue weighted by Gasteiger charge is 2.35. The van der Waals surface area contributed by atoms with Crippen LogP contribution in [0.3, 0.4) is 0 Å². The Balaban J connectivity index is 1.78. The van der Waals surface area contributed by atoms with Crippen molar-refractivity contribution in [2.75, 3.05) is 32.8 Å². The molecule has 0 aliphatic carbocycles. The zero-order valence-corrected chi connectivity index (χ0v) is 14.6. The van der Waals surface area contributed by atoms with E-state index in [0.717, 1.165) is 25.2 Å². The van der Waals surface area contributed by atoms with Crippen molar-refractivity contribution in [3.8, 4) is 0 Å². The van der Waals surface area contributed by atoms with Gasteiger partial charge in [-0.05, 0) is 31.9 Å². The Morgan fingerprint density at radius 3 is 2.60 bits per heavy atom. The molecule has 138 valence electrons. The predicted molar refractivity (Wildman–Crippen MR) is 92.3 cm³/mol. The average molecular weight is 350 g/mol. The van der Waals surface area contributed by atoms with Crippen molar-refractivity contribution in [1.82, 2.24) is 10.2 Å². The Hall–Kier alpha value is -2.12. The SMILES string of the molecule is CC(CCCN1CCOCC1)(NC(=O)OCc1ccccc1)C(=O)O. The van der Waals surface area contributed by atoms with Gasteiger partial charge in [0.2, 0.25) is 0 Å². The largest absolute Gasteiger partial charge is 0.480 e. The summed E-state index contributed by atoms with van der Waals surface area (Å²) in [4.78, 5) is 25.8. The number of hydrogen-bond donors (Lipinski definition) is 2. The lowest BCUT2D eigenvalue weighted by Crippen LogP contribution is -2.52. The molecule has 1 aromatic rings. The monoisotopic (exact) mass is 350 g/mol. The summed E-state index contributed by atoms with van der Waals surface area (Å²) < 4.78 is 10.4. The van der Waals surface area contributed by atoms with Crippen molar-refractivity contribution in [2.24, 2.45) is 0 Å². The summed E-state index contributed by atoms with van der Waals surface area (Å²) in [5.41, 5.74) is -0.498. The van der Waals surface area contributed by atoms with E-state index in [-0.39, 0.29) is 6.61 Å². The van der Waals surface area contributed by atoms with Gasteiger partial charge in [-0.3, -0.25) is 4.90 Å². The normalized spacial score (nSPS) is 17.5. The van der Waals surface area contributed by atoms with Crippen LogP contribution >= 0.6 is 0 Å². The van der Waals surface area contributed by atoms with E-state index < -0.39 is 17.6 Å². The standard InChI is InChI=1S/C18H26N2O5/c1-18(16(21)22,8-5-9-20-10-12-24-13-11-20)19-17(23)25-14-15-6-3-2-4-7-15/h2-4,6-7H,5,8-14H2,1H3,(H,19,23)(H,21,22). The van der Waals surface area contributed by atoms with E-state index in [9.17, 15) is 14.7 Å². The molecular weight excluding hydrogens is 324 g/mol. The van der Waals surface area contributed by atoms with E-state index in [1.807, 2.05) is 30.3 Å². The Morgan fingerprint density at radius 1 is 1.28 bits per heavy atom. The first kappa shape index (κ1) is 19.2. The number of benzene rings is 1. The van der Waals surface area contributed by atoms with Gasteiger partial charge in [-0.2, -0.15) is 0 Å². The first-order valence-electron chi connectivity index (χ1n) is 8.52. The van der Waals surface area contributed by atoms with Gasteiger partial charge in [0.25, 0.3) is 0 Å². The number of carbonyl (C=O) groups excluding carboxylic acids is 1. The van der Waals surface area contributed by atoms with Gasteiger partial charge >= 0.3 is 12.1 Å². The number of ether oxygens (including phenoxy) is 2. The summed E-state index contributed by atoms with van der Waals surface area (Å²) in [6.45, 7) is 5.54. The molecule has 1 aliphatic rings. The molecule has 1 amide bonds. The Morgan fingerprint density at radius 2 is 1.96 bits per heavy atom. The van der Waals surface area contributed by atoms with Crippen LogP contribution in [0.2, 0.25) is 0 Å². The molecule has 7 nitrogen and oxygen atoms in total. The van der Waals surface area contributed by atoms with Gasteiger partial charge in [0, 0.05) is 13.1 Å². The van der Waals surface area contributed by atoms with Crippen LogP contribution in [-0.4, -0.2) is 60.5 Å². The quantitative estimate of drug-likeness (QED) is 0.744. The van der Waals surface area contributed by atoms with Crippen molar-refractivity contribution >= 4 is 12.1 Å².